The lowest BCUT2D eigenvalue weighted by Crippen LogP contribution is -2.32. The molecule has 0 amide bonds. The van der Waals surface area contributed by atoms with Crippen molar-refractivity contribution in [2.24, 2.45) is 10.9 Å². The molecule has 1 aromatic rings. The minimum absolute atomic E-state index is 0.185. The number of rotatable bonds is 7. The quantitative estimate of drug-likeness (QED) is 0.315. The van der Waals surface area contributed by atoms with Gasteiger partial charge in [0.1, 0.15) is 5.84 Å². The van der Waals surface area contributed by atoms with Crippen molar-refractivity contribution in [1.82, 2.24) is 9.97 Å². The highest BCUT2D eigenvalue weighted by Crippen LogP contribution is 2.07. The Morgan fingerprint density at radius 2 is 2.11 bits per heavy atom. The van der Waals surface area contributed by atoms with E-state index in [1.807, 2.05) is 11.8 Å². The van der Waals surface area contributed by atoms with Gasteiger partial charge in [-0.1, -0.05) is 5.16 Å². The minimum atomic E-state index is 0.185. The van der Waals surface area contributed by atoms with Gasteiger partial charge in [0.15, 0.2) is 0 Å². The van der Waals surface area contributed by atoms with Crippen LogP contribution in [0.3, 0.4) is 0 Å². The standard InChI is InChI=1S/C11H19N5O2/c1-9-7-13-11(14-8-9)16(5-6-18-2)4-3-10(12)15-17/h7-8,17H,3-6H2,1-2H3,(H2,12,15). The van der Waals surface area contributed by atoms with E-state index in [0.29, 0.717) is 32.1 Å². The number of aryl methyl sites for hydroxylation is 1. The number of hydrogen-bond acceptors (Lipinski definition) is 6. The van der Waals surface area contributed by atoms with Crippen molar-refractivity contribution in [3.8, 4) is 0 Å². The normalized spacial score (nSPS) is 11.6. The predicted octanol–water partition coefficient (Wildman–Crippen LogP) is 0.374. The van der Waals surface area contributed by atoms with E-state index in [4.69, 9.17) is 15.7 Å². The molecule has 0 aliphatic rings. The Bertz CT molecular complexity index is 380. The van der Waals surface area contributed by atoms with Gasteiger partial charge >= 0.3 is 0 Å². The Labute approximate surface area is 106 Å². The Morgan fingerprint density at radius 1 is 1.44 bits per heavy atom. The highest BCUT2D eigenvalue weighted by molar-refractivity contribution is 5.80. The number of amidine groups is 1. The highest BCUT2D eigenvalue weighted by atomic mass is 16.5. The second-order valence-corrected chi connectivity index (χ2v) is 3.88. The Kier molecular flexibility index (Phi) is 5.86. The summed E-state index contributed by atoms with van der Waals surface area (Å²) in [5.74, 6) is 0.799. The van der Waals surface area contributed by atoms with Gasteiger partial charge in [-0.25, -0.2) is 9.97 Å². The third kappa shape index (κ3) is 4.54. The zero-order chi connectivity index (χ0) is 13.4. The van der Waals surface area contributed by atoms with Crippen LogP contribution in [0.2, 0.25) is 0 Å². The summed E-state index contributed by atoms with van der Waals surface area (Å²) in [4.78, 5) is 10.4. The molecular formula is C11H19N5O2. The maximum Gasteiger partial charge on any atom is 0.225 e. The molecule has 100 valence electrons. The fraction of sp³-hybridized carbons (Fsp3) is 0.545. The number of methoxy groups -OCH3 is 1. The van der Waals surface area contributed by atoms with E-state index in [9.17, 15) is 0 Å². The third-order valence-corrected chi connectivity index (χ3v) is 2.38. The van der Waals surface area contributed by atoms with E-state index in [-0.39, 0.29) is 5.84 Å². The van der Waals surface area contributed by atoms with Crippen molar-refractivity contribution >= 4 is 11.8 Å². The van der Waals surface area contributed by atoms with E-state index in [0.717, 1.165) is 5.56 Å². The summed E-state index contributed by atoms with van der Waals surface area (Å²) in [5.41, 5.74) is 6.46. The van der Waals surface area contributed by atoms with Crippen molar-refractivity contribution in [3.63, 3.8) is 0 Å². The molecule has 7 nitrogen and oxygen atoms in total. The molecule has 0 unspecified atom stereocenters. The first-order chi connectivity index (χ1) is 8.67. The van der Waals surface area contributed by atoms with Crippen LogP contribution >= 0.6 is 0 Å². The maximum atomic E-state index is 8.52. The number of anilines is 1. The topological polar surface area (TPSA) is 96.9 Å². The summed E-state index contributed by atoms with van der Waals surface area (Å²) < 4.78 is 5.04. The number of ether oxygens (including phenoxy) is 1. The summed E-state index contributed by atoms with van der Waals surface area (Å²) in [7, 11) is 1.64. The van der Waals surface area contributed by atoms with Gasteiger partial charge in [-0.2, -0.15) is 0 Å². The van der Waals surface area contributed by atoms with Crippen molar-refractivity contribution in [2.75, 3.05) is 31.7 Å². The minimum Gasteiger partial charge on any atom is -0.409 e. The lowest BCUT2D eigenvalue weighted by atomic mass is 10.3. The molecule has 0 aromatic carbocycles. The Hall–Kier alpha value is -1.89. The Morgan fingerprint density at radius 3 is 2.67 bits per heavy atom. The largest absolute Gasteiger partial charge is 0.409 e. The molecule has 1 heterocycles. The van der Waals surface area contributed by atoms with Crippen LogP contribution in [0.5, 0.6) is 0 Å². The molecule has 1 aromatic heterocycles. The molecule has 0 spiro atoms. The Balaban J connectivity index is 2.67. The number of hydrogen-bond donors (Lipinski definition) is 2. The van der Waals surface area contributed by atoms with E-state index in [2.05, 4.69) is 15.1 Å². The molecule has 0 aliphatic carbocycles. The summed E-state index contributed by atoms with van der Waals surface area (Å²) >= 11 is 0. The van der Waals surface area contributed by atoms with Crippen LogP contribution in [-0.4, -0.2) is 47.8 Å². The molecule has 0 bridgehead atoms. The summed E-state index contributed by atoms with van der Waals surface area (Å²) in [6.45, 7) is 3.72. The third-order valence-electron chi connectivity index (χ3n) is 2.38. The fourth-order valence-electron chi connectivity index (χ4n) is 1.36. The van der Waals surface area contributed by atoms with Crippen molar-refractivity contribution in [1.29, 1.82) is 0 Å². The lowest BCUT2D eigenvalue weighted by Gasteiger charge is -2.21. The van der Waals surface area contributed by atoms with Gasteiger partial charge in [0.25, 0.3) is 0 Å². The first-order valence-electron chi connectivity index (χ1n) is 5.66. The number of oxime groups is 1. The number of aromatic nitrogens is 2. The molecule has 0 atom stereocenters. The van der Waals surface area contributed by atoms with Crippen LogP contribution in [-0.2, 0) is 4.74 Å². The van der Waals surface area contributed by atoms with Crippen LogP contribution in [0.1, 0.15) is 12.0 Å². The molecule has 0 fully saturated rings. The van der Waals surface area contributed by atoms with Gasteiger partial charge in [-0.05, 0) is 12.5 Å². The van der Waals surface area contributed by atoms with Gasteiger partial charge in [-0.3, -0.25) is 0 Å². The molecule has 3 N–H and O–H groups in total. The molecular weight excluding hydrogens is 234 g/mol. The van der Waals surface area contributed by atoms with Crippen LogP contribution in [0.25, 0.3) is 0 Å². The smallest absolute Gasteiger partial charge is 0.225 e. The van der Waals surface area contributed by atoms with Crippen LogP contribution < -0.4 is 10.6 Å². The second-order valence-electron chi connectivity index (χ2n) is 3.88. The maximum absolute atomic E-state index is 8.52. The highest BCUT2D eigenvalue weighted by Gasteiger charge is 2.09. The van der Waals surface area contributed by atoms with Gasteiger partial charge in [-0.15, -0.1) is 0 Å². The number of nitrogens with zero attached hydrogens (tertiary/aromatic N) is 4. The van der Waals surface area contributed by atoms with Gasteiger partial charge in [0.2, 0.25) is 5.95 Å². The molecule has 18 heavy (non-hydrogen) atoms. The molecule has 0 saturated heterocycles. The van der Waals surface area contributed by atoms with Gasteiger partial charge < -0.3 is 20.6 Å². The molecule has 0 aliphatic heterocycles. The van der Waals surface area contributed by atoms with Crippen molar-refractivity contribution in [2.45, 2.75) is 13.3 Å². The average molecular weight is 253 g/mol. The molecule has 0 saturated carbocycles. The van der Waals surface area contributed by atoms with E-state index in [1.165, 1.54) is 0 Å². The zero-order valence-electron chi connectivity index (χ0n) is 10.7. The van der Waals surface area contributed by atoms with Crippen molar-refractivity contribution < 1.29 is 9.94 Å². The average Bonchev–Trinajstić information content (AvgIpc) is 2.40. The van der Waals surface area contributed by atoms with Gasteiger partial charge in [0.05, 0.1) is 6.61 Å². The van der Waals surface area contributed by atoms with E-state index in [1.54, 1.807) is 19.5 Å². The summed E-state index contributed by atoms with van der Waals surface area (Å²) in [6.07, 6.45) is 3.95. The van der Waals surface area contributed by atoms with Crippen molar-refractivity contribution in [3.05, 3.63) is 18.0 Å². The first-order valence-corrected chi connectivity index (χ1v) is 5.66. The van der Waals surface area contributed by atoms with Crippen LogP contribution in [0.4, 0.5) is 5.95 Å². The second kappa shape index (κ2) is 7.44. The van der Waals surface area contributed by atoms with Crippen LogP contribution in [0.15, 0.2) is 17.5 Å². The first kappa shape index (κ1) is 14.2. The molecule has 0 radical (unpaired) electrons. The summed E-state index contributed by atoms with van der Waals surface area (Å²) in [6, 6.07) is 0. The monoisotopic (exact) mass is 253 g/mol. The SMILES string of the molecule is COCCN(CCC(N)=NO)c1ncc(C)cn1. The fourth-order valence-corrected chi connectivity index (χ4v) is 1.36. The lowest BCUT2D eigenvalue weighted by molar-refractivity contribution is 0.205. The van der Waals surface area contributed by atoms with Gasteiger partial charge in [0, 0.05) is 39.0 Å². The van der Waals surface area contributed by atoms with E-state index < -0.39 is 0 Å². The zero-order valence-corrected chi connectivity index (χ0v) is 10.7. The van der Waals surface area contributed by atoms with Crippen LogP contribution in [0, 0.1) is 6.92 Å². The summed E-state index contributed by atoms with van der Waals surface area (Å²) in [5, 5.41) is 11.5. The molecule has 7 heteroatoms. The molecule has 1 rings (SSSR count). The predicted molar refractivity (Wildman–Crippen MR) is 68.9 cm³/mol. The van der Waals surface area contributed by atoms with E-state index >= 15 is 0 Å². The number of nitrogens with two attached hydrogens (primary N) is 1.